The van der Waals surface area contributed by atoms with Gasteiger partial charge in [-0.1, -0.05) is 25.1 Å². The van der Waals surface area contributed by atoms with Crippen LogP contribution in [0.15, 0.2) is 42.2 Å². The quantitative estimate of drug-likeness (QED) is 0.253. The molecule has 2 heterocycles. The molecule has 12 heteroatoms. The smallest absolute Gasteiger partial charge is 0.338 e. The SMILES string of the molecule is C[C@@H]1[C@@H](OC(=O)c2ccccc2)[C@H](O)[C@@H]2C(C(=O)O)=CO[C@@H](O[C@H]3O[C@@H](CO)[C@H](O)[C@@H](O)[C@@H]3O)[C@H]12. The number of aliphatic hydroxyl groups excluding tert-OH is 5. The van der Waals surface area contributed by atoms with Crippen LogP contribution in [0.25, 0.3) is 0 Å². The third kappa shape index (κ3) is 4.66. The second-order valence-corrected chi connectivity index (χ2v) is 8.90. The lowest BCUT2D eigenvalue weighted by atomic mass is 9.82. The molecule has 3 aliphatic rings. The van der Waals surface area contributed by atoms with Crippen LogP contribution in [0, 0.1) is 17.8 Å². The van der Waals surface area contributed by atoms with E-state index in [0.29, 0.717) is 0 Å². The number of aliphatic hydroxyl groups is 5. The minimum Gasteiger partial charge on any atom is -0.478 e. The van der Waals surface area contributed by atoms with E-state index in [-0.39, 0.29) is 11.1 Å². The second-order valence-electron chi connectivity index (χ2n) is 8.90. The zero-order valence-corrected chi connectivity index (χ0v) is 18.7. The van der Waals surface area contributed by atoms with E-state index < -0.39 is 85.5 Å². The van der Waals surface area contributed by atoms with Gasteiger partial charge in [-0.25, -0.2) is 9.59 Å². The van der Waals surface area contributed by atoms with Crippen LogP contribution in [0.5, 0.6) is 0 Å². The number of rotatable bonds is 6. The number of aliphatic carboxylic acids is 1. The molecule has 0 radical (unpaired) electrons. The molecule has 2 aliphatic heterocycles. The first-order valence-electron chi connectivity index (χ1n) is 11.1. The molecule has 4 rings (SSSR count). The molecule has 192 valence electrons. The van der Waals surface area contributed by atoms with Gasteiger partial charge in [0.2, 0.25) is 6.29 Å². The Balaban J connectivity index is 1.58. The largest absolute Gasteiger partial charge is 0.478 e. The predicted octanol–water partition coefficient (Wildman–Crippen LogP) is -1.40. The Labute approximate surface area is 199 Å². The molecule has 1 aliphatic carbocycles. The highest BCUT2D eigenvalue weighted by atomic mass is 16.8. The first-order chi connectivity index (χ1) is 16.6. The molecule has 0 bridgehead atoms. The number of esters is 1. The number of carbonyl (C=O) groups excluding carboxylic acids is 1. The molecule has 1 aromatic carbocycles. The van der Waals surface area contributed by atoms with E-state index >= 15 is 0 Å². The highest BCUT2D eigenvalue weighted by molar-refractivity contribution is 5.89. The van der Waals surface area contributed by atoms with Crippen molar-refractivity contribution >= 4 is 11.9 Å². The molecule has 1 saturated heterocycles. The van der Waals surface area contributed by atoms with E-state index in [9.17, 15) is 40.2 Å². The van der Waals surface area contributed by atoms with Crippen molar-refractivity contribution in [3.63, 3.8) is 0 Å². The summed E-state index contributed by atoms with van der Waals surface area (Å²) in [5, 5.41) is 60.4. The monoisotopic (exact) mass is 496 g/mol. The number of hydrogen-bond donors (Lipinski definition) is 6. The molecular weight excluding hydrogens is 468 g/mol. The van der Waals surface area contributed by atoms with Crippen LogP contribution in [0.4, 0.5) is 0 Å². The van der Waals surface area contributed by atoms with Gasteiger partial charge in [0.05, 0.1) is 30.1 Å². The van der Waals surface area contributed by atoms with Crippen LogP contribution in [0.1, 0.15) is 17.3 Å². The number of carboxylic acids is 1. The van der Waals surface area contributed by atoms with E-state index in [2.05, 4.69) is 0 Å². The van der Waals surface area contributed by atoms with Crippen molar-refractivity contribution in [2.24, 2.45) is 17.8 Å². The first kappa shape index (κ1) is 25.5. The van der Waals surface area contributed by atoms with E-state index in [1.807, 2.05) is 0 Å². The van der Waals surface area contributed by atoms with E-state index in [0.717, 1.165) is 6.26 Å². The number of benzene rings is 1. The standard InChI is InChI=1S/C23H28O12/c1-9-13-14(16(26)19(9)34-21(31)10-5-3-2-4-6-10)11(20(29)30)8-32-22(13)35-23-18(28)17(27)15(25)12(7-24)33-23/h2-6,8-9,12-19,22-28H,7H2,1H3,(H,29,30)/t9-,12-,13+,14+,15-,16+,17+,18-,19+,22-,23+/m0/s1. The lowest BCUT2D eigenvalue weighted by Crippen LogP contribution is -2.60. The lowest BCUT2D eigenvalue weighted by Gasteiger charge is -2.43. The highest BCUT2D eigenvalue weighted by Crippen LogP contribution is 2.48. The van der Waals surface area contributed by atoms with E-state index in [1.165, 1.54) is 12.1 Å². The molecule has 0 amide bonds. The molecule has 2 fully saturated rings. The Morgan fingerprint density at radius 2 is 1.66 bits per heavy atom. The summed E-state index contributed by atoms with van der Waals surface area (Å²) in [6.45, 7) is 0.965. The molecule has 1 saturated carbocycles. The fourth-order valence-electron chi connectivity index (χ4n) is 4.98. The molecule has 35 heavy (non-hydrogen) atoms. The number of carboxylic acid groups (broad SMARTS) is 1. The van der Waals surface area contributed by atoms with Crippen molar-refractivity contribution in [1.29, 1.82) is 0 Å². The first-order valence-corrected chi connectivity index (χ1v) is 11.1. The van der Waals surface area contributed by atoms with Crippen LogP contribution in [-0.2, 0) is 23.7 Å². The molecular formula is C23H28O12. The predicted molar refractivity (Wildman–Crippen MR) is 113 cm³/mol. The summed E-state index contributed by atoms with van der Waals surface area (Å²) >= 11 is 0. The van der Waals surface area contributed by atoms with Gasteiger partial charge in [-0.15, -0.1) is 0 Å². The summed E-state index contributed by atoms with van der Waals surface area (Å²) < 4.78 is 22.1. The molecule has 11 atom stereocenters. The van der Waals surface area contributed by atoms with Gasteiger partial charge >= 0.3 is 11.9 Å². The van der Waals surface area contributed by atoms with Crippen molar-refractivity contribution < 1.29 is 59.2 Å². The van der Waals surface area contributed by atoms with E-state index in [4.69, 9.17) is 18.9 Å². The van der Waals surface area contributed by atoms with Crippen LogP contribution < -0.4 is 0 Å². The number of fused-ring (bicyclic) bond motifs is 1. The Morgan fingerprint density at radius 3 is 2.29 bits per heavy atom. The van der Waals surface area contributed by atoms with Crippen molar-refractivity contribution in [1.82, 2.24) is 0 Å². The van der Waals surface area contributed by atoms with Gasteiger partial charge in [-0.3, -0.25) is 0 Å². The summed E-state index contributed by atoms with van der Waals surface area (Å²) in [4.78, 5) is 24.5. The maximum atomic E-state index is 12.6. The van der Waals surface area contributed by atoms with Crippen molar-refractivity contribution in [3.8, 4) is 0 Å². The summed E-state index contributed by atoms with van der Waals surface area (Å²) in [7, 11) is 0. The number of carbonyl (C=O) groups is 2. The number of hydrogen-bond acceptors (Lipinski definition) is 11. The van der Waals surface area contributed by atoms with Gasteiger partial charge in [-0.2, -0.15) is 0 Å². The van der Waals surface area contributed by atoms with Crippen molar-refractivity contribution in [3.05, 3.63) is 47.7 Å². The van der Waals surface area contributed by atoms with E-state index in [1.54, 1.807) is 25.1 Å². The zero-order chi connectivity index (χ0) is 25.4. The summed E-state index contributed by atoms with van der Waals surface area (Å²) in [5.74, 6) is -4.62. The fourth-order valence-corrected chi connectivity index (χ4v) is 4.98. The van der Waals surface area contributed by atoms with Crippen LogP contribution in [-0.4, -0.2) is 98.4 Å². The van der Waals surface area contributed by atoms with Crippen LogP contribution >= 0.6 is 0 Å². The van der Waals surface area contributed by atoms with Crippen molar-refractivity contribution in [2.45, 2.75) is 56.1 Å². The van der Waals surface area contributed by atoms with Crippen LogP contribution in [0.2, 0.25) is 0 Å². The summed E-state index contributed by atoms with van der Waals surface area (Å²) in [6, 6.07) is 8.10. The van der Waals surface area contributed by atoms with Gasteiger partial charge in [0.1, 0.15) is 30.5 Å². The Kier molecular flexibility index (Phi) is 7.43. The Hall–Kier alpha value is -2.58. The fraction of sp³-hybridized carbons (Fsp3) is 0.565. The van der Waals surface area contributed by atoms with Gasteiger partial charge in [0, 0.05) is 17.8 Å². The van der Waals surface area contributed by atoms with Crippen LogP contribution in [0.3, 0.4) is 0 Å². The summed E-state index contributed by atoms with van der Waals surface area (Å²) in [6.07, 6.45) is -10.7. The van der Waals surface area contributed by atoms with Gasteiger partial charge in [0.15, 0.2) is 6.29 Å². The molecule has 6 N–H and O–H groups in total. The average Bonchev–Trinajstić information content (AvgIpc) is 3.10. The zero-order valence-electron chi connectivity index (χ0n) is 18.7. The molecule has 12 nitrogen and oxygen atoms in total. The molecule has 0 unspecified atom stereocenters. The third-order valence-corrected chi connectivity index (χ3v) is 6.86. The van der Waals surface area contributed by atoms with Crippen molar-refractivity contribution in [2.75, 3.05) is 6.61 Å². The Morgan fingerprint density at radius 1 is 0.971 bits per heavy atom. The molecule has 0 spiro atoms. The molecule has 0 aromatic heterocycles. The van der Waals surface area contributed by atoms with Gasteiger partial charge < -0.3 is 49.6 Å². The minimum absolute atomic E-state index is 0.249. The maximum Gasteiger partial charge on any atom is 0.338 e. The highest BCUT2D eigenvalue weighted by Gasteiger charge is 2.59. The topological polar surface area (TPSA) is 192 Å². The third-order valence-electron chi connectivity index (χ3n) is 6.86. The number of ether oxygens (including phenoxy) is 4. The Bertz CT molecular complexity index is 949. The normalized spacial score (nSPS) is 40.9. The molecule has 1 aromatic rings. The minimum atomic E-state index is -1.71. The average molecular weight is 496 g/mol. The van der Waals surface area contributed by atoms with Gasteiger partial charge in [0.25, 0.3) is 0 Å². The maximum absolute atomic E-state index is 12.6. The lowest BCUT2D eigenvalue weighted by molar-refractivity contribution is -0.343. The second kappa shape index (κ2) is 10.2. The summed E-state index contributed by atoms with van der Waals surface area (Å²) in [5.41, 5.74) is 0.00223. The van der Waals surface area contributed by atoms with Gasteiger partial charge in [-0.05, 0) is 12.1 Å².